The molecule has 15 heavy (non-hydrogen) atoms. The lowest BCUT2D eigenvalue weighted by Crippen LogP contribution is -1.89. The van der Waals surface area contributed by atoms with Crippen molar-refractivity contribution in [2.45, 2.75) is 6.92 Å². The van der Waals surface area contributed by atoms with Gasteiger partial charge in [0.25, 0.3) is 0 Å². The number of rotatable bonds is 1. The zero-order valence-electron chi connectivity index (χ0n) is 9.72. The fraction of sp³-hybridized carbons (Fsp3) is 0.333. The zero-order chi connectivity index (χ0) is 11.3. The summed E-state index contributed by atoms with van der Waals surface area (Å²) in [6.07, 6.45) is 2.00. The molecule has 3 nitrogen and oxygen atoms in total. The van der Waals surface area contributed by atoms with Crippen molar-refractivity contribution in [3.8, 4) is 5.75 Å². The van der Waals surface area contributed by atoms with Crippen molar-refractivity contribution in [3.63, 3.8) is 0 Å². The molecule has 0 aliphatic carbocycles. The van der Waals surface area contributed by atoms with Crippen molar-refractivity contribution in [1.29, 1.82) is 0 Å². The van der Waals surface area contributed by atoms with Gasteiger partial charge in [0.05, 0.1) is 7.11 Å². The van der Waals surface area contributed by atoms with Gasteiger partial charge in [-0.2, -0.15) is 0 Å². The van der Waals surface area contributed by atoms with Crippen LogP contribution in [0.2, 0.25) is 0 Å². The first-order valence-corrected chi connectivity index (χ1v) is 4.93. The third kappa shape index (κ3) is 2.73. The normalized spacial score (nSPS) is 9.60. The summed E-state index contributed by atoms with van der Waals surface area (Å²) in [6, 6.07) is 6.03. The molecule has 0 unspecified atom stereocenters. The lowest BCUT2D eigenvalue weighted by atomic mass is 10.2. The first-order chi connectivity index (χ1) is 7.22. The topological polar surface area (TPSA) is 37.0 Å². The summed E-state index contributed by atoms with van der Waals surface area (Å²) in [5.41, 5.74) is 2.41. The van der Waals surface area contributed by atoms with E-state index >= 15 is 0 Å². The maximum absolute atomic E-state index is 5.13. The second kappa shape index (κ2) is 5.41. The highest BCUT2D eigenvalue weighted by Crippen LogP contribution is 2.22. The third-order valence-electron chi connectivity index (χ3n) is 2.10. The number of aromatic nitrogens is 1. The van der Waals surface area contributed by atoms with E-state index < -0.39 is 0 Å². The number of benzene rings is 1. The number of ether oxygens (including phenoxy) is 1. The molecule has 3 heteroatoms. The van der Waals surface area contributed by atoms with E-state index in [1.54, 1.807) is 7.11 Å². The Labute approximate surface area is 90.5 Å². The largest absolute Gasteiger partial charge is 0.497 e. The van der Waals surface area contributed by atoms with Gasteiger partial charge < -0.3 is 15.0 Å². The molecule has 2 rings (SSSR count). The summed E-state index contributed by atoms with van der Waals surface area (Å²) in [4.78, 5) is 3.18. The summed E-state index contributed by atoms with van der Waals surface area (Å²) in [5.74, 6) is 0.908. The van der Waals surface area contributed by atoms with Crippen molar-refractivity contribution in [1.82, 2.24) is 10.3 Å². The van der Waals surface area contributed by atoms with Gasteiger partial charge in [-0.15, -0.1) is 0 Å². The van der Waals surface area contributed by atoms with E-state index in [0.717, 1.165) is 11.3 Å². The van der Waals surface area contributed by atoms with Crippen molar-refractivity contribution < 1.29 is 4.74 Å². The first-order valence-electron chi connectivity index (χ1n) is 4.93. The van der Waals surface area contributed by atoms with E-state index in [1.807, 2.05) is 38.5 Å². The Morgan fingerprint density at radius 1 is 1.27 bits per heavy atom. The summed E-state index contributed by atoms with van der Waals surface area (Å²) < 4.78 is 5.13. The average Bonchev–Trinajstić information content (AvgIpc) is 2.61. The maximum Gasteiger partial charge on any atom is 0.119 e. The number of hydrogen-bond acceptors (Lipinski definition) is 2. The molecular weight excluding hydrogens is 188 g/mol. The second-order valence-electron chi connectivity index (χ2n) is 3.38. The molecule has 1 aromatic carbocycles. The molecule has 0 amide bonds. The van der Waals surface area contributed by atoms with Gasteiger partial charge in [-0.25, -0.2) is 0 Å². The highest BCUT2D eigenvalue weighted by atomic mass is 16.5. The molecule has 0 bridgehead atoms. The molecule has 0 aliphatic heterocycles. The number of aryl methyl sites for hydroxylation is 1. The first kappa shape index (κ1) is 11.6. The molecule has 0 radical (unpaired) electrons. The van der Waals surface area contributed by atoms with Crippen molar-refractivity contribution in [2.75, 3.05) is 21.2 Å². The predicted molar refractivity (Wildman–Crippen MR) is 64.6 cm³/mol. The van der Waals surface area contributed by atoms with Crippen LogP contribution in [0, 0.1) is 6.92 Å². The van der Waals surface area contributed by atoms with Crippen LogP contribution in [0.15, 0.2) is 24.4 Å². The van der Waals surface area contributed by atoms with Gasteiger partial charge >= 0.3 is 0 Å². The summed E-state index contributed by atoms with van der Waals surface area (Å²) in [6.45, 7) is 2.08. The molecule has 2 aromatic rings. The highest BCUT2D eigenvalue weighted by molar-refractivity contribution is 5.84. The monoisotopic (exact) mass is 206 g/mol. The molecular formula is C12H18N2O. The van der Waals surface area contributed by atoms with Gasteiger partial charge in [-0.1, -0.05) is 0 Å². The maximum atomic E-state index is 5.13. The van der Waals surface area contributed by atoms with E-state index in [0.29, 0.717) is 0 Å². The molecule has 0 saturated heterocycles. The third-order valence-corrected chi connectivity index (χ3v) is 2.10. The molecule has 0 saturated carbocycles. The SMILES string of the molecule is CNC.COc1ccc2[nH]cc(C)c2c1. The van der Waals surface area contributed by atoms with E-state index in [1.165, 1.54) is 10.9 Å². The van der Waals surface area contributed by atoms with Gasteiger partial charge in [0.1, 0.15) is 5.75 Å². The van der Waals surface area contributed by atoms with Crippen LogP contribution in [0.5, 0.6) is 5.75 Å². The molecule has 0 fully saturated rings. The van der Waals surface area contributed by atoms with E-state index in [4.69, 9.17) is 4.74 Å². The zero-order valence-corrected chi connectivity index (χ0v) is 9.72. The Bertz CT molecular complexity index is 420. The summed E-state index contributed by atoms with van der Waals surface area (Å²) >= 11 is 0. The number of hydrogen-bond donors (Lipinski definition) is 2. The minimum Gasteiger partial charge on any atom is -0.497 e. The number of fused-ring (bicyclic) bond motifs is 1. The Morgan fingerprint density at radius 3 is 2.53 bits per heavy atom. The van der Waals surface area contributed by atoms with Crippen molar-refractivity contribution in [3.05, 3.63) is 30.0 Å². The van der Waals surface area contributed by atoms with Gasteiger partial charge in [-0.3, -0.25) is 0 Å². The predicted octanol–water partition coefficient (Wildman–Crippen LogP) is 2.32. The van der Waals surface area contributed by atoms with E-state index in [9.17, 15) is 0 Å². The molecule has 0 aliphatic rings. The second-order valence-corrected chi connectivity index (χ2v) is 3.38. The summed E-state index contributed by atoms with van der Waals surface area (Å²) in [5, 5.41) is 3.98. The van der Waals surface area contributed by atoms with Crippen LogP contribution in [-0.2, 0) is 0 Å². The average molecular weight is 206 g/mol. The molecule has 2 N–H and O–H groups in total. The van der Waals surface area contributed by atoms with Gasteiger partial charge in [0.2, 0.25) is 0 Å². The molecule has 0 spiro atoms. The highest BCUT2D eigenvalue weighted by Gasteiger charge is 1.99. The summed E-state index contributed by atoms with van der Waals surface area (Å²) in [7, 11) is 5.43. The van der Waals surface area contributed by atoms with Gasteiger partial charge in [0, 0.05) is 17.1 Å². The fourth-order valence-corrected chi connectivity index (χ4v) is 1.37. The molecule has 0 atom stereocenters. The van der Waals surface area contributed by atoms with Crippen molar-refractivity contribution >= 4 is 10.9 Å². The molecule has 1 aromatic heterocycles. The van der Waals surface area contributed by atoms with E-state index in [2.05, 4.69) is 17.2 Å². The van der Waals surface area contributed by atoms with Crippen LogP contribution < -0.4 is 10.1 Å². The number of aromatic amines is 1. The number of nitrogens with one attached hydrogen (secondary N) is 2. The Hall–Kier alpha value is -1.48. The van der Waals surface area contributed by atoms with Crippen LogP contribution in [0.25, 0.3) is 10.9 Å². The Kier molecular flexibility index (Phi) is 4.18. The van der Waals surface area contributed by atoms with Crippen LogP contribution in [0.3, 0.4) is 0 Å². The minimum absolute atomic E-state index is 0.908. The lowest BCUT2D eigenvalue weighted by Gasteiger charge is -1.98. The van der Waals surface area contributed by atoms with Gasteiger partial charge in [0.15, 0.2) is 0 Å². The van der Waals surface area contributed by atoms with Gasteiger partial charge in [-0.05, 0) is 44.8 Å². The molecule has 1 heterocycles. The minimum atomic E-state index is 0.908. The number of methoxy groups -OCH3 is 1. The lowest BCUT2D eigenvalue weighted by molar-refractivity contribution is 0.415. The van der Waals surface area contributed by atoms with Crippen LogP contribution in [0.1, 0.15) is 5.56 Å². The van der Waals surface area contributed by atoms with Crippen LogP contribution in [-0.4, -0.2) is 26.2 Å². The number of H-pyrrole nitrogens is 1. The van der Waals surface area contributed by atoms with Crippen molar-refractivity contribution in [2.24, 2.45) is 0 Å². The smallest absolute Gasteiger partial charge is 0.119 e. The van der Waals surface area contributed by atoms with E-state index in [-0.39, 0.29) is 0 Å². The standard InChI is InChI=1S/C10H11NO.C2H7N/c1-7-6-11-10-4-3-8(12-2)5-9(7)10;1-3-2/h3-6,11H,1-2H3;3H,1-2H3. The Morgan fingerprint density at radius 2 is 1.93 bits per heavy atom. The van der Waals surface area contributed by atoms with Crippen LogP contribution >= 0.6 is 0 Å². The quantitative estimate of drug-likeness (QED) is 0.751. The Balaban J connectivity index is 0.000000337. The molecule has 82 valence electrons. The fourth-order valence-electron chi connectivity index (χ4n) is 1.37. The van der Waals surface area contributed by atoms with Crippen LogP contribution in [0.4, 0.5) is 0 Å².